The number of nitrogens with one attached hydrogen (secondary N) is 1. The van der Waals surface area contributed by atoms with Gasteiger partial charge in [0.1, 0.15) is 11.4 Å². The van der Waals surface area contributed by atoms with Crippen LogP contribution in [-0.4, -0.2) is 25.2 Å². The molecule has 0 aliphatic heterocycles. The van der Waals surface area contributed by atoms with Crippen LogP contribution in [0, 0.1) is 0 Å². The Bertz CT molecular complexity index is 656. The number of anilines is 1. The molecule has 0 bridgehead atoms. The number of rotatable bonds is 6. The summed E-state index contributed by atoms with van der Waals surface area (Å²) in [6, 6.07) is 11.6. The summed E-state index contributed by atoms with van der Waals surface area (Å²) in [5.41, 5.74) is 2.83. The molecule has 0 amide bonds. The molecule has 1 aromatic carbocycles. The molecule has 0 saturated heterocycles. The van der Waals surface area contributed by atoms with E-state index in [0.717, 1.165) is 6.42 Å². The molecule has 2 aromatic rings. The summed E-state index contributed by atoms with van der Waals surface area (Å²) < 4.78 is 9.85. The molecule has 0 saturated carbocycles. The van der Waals surface area contributed by atoms with Crippen molar-refractivity contribution in [2.75, 3.05) is 19.5 Å². The lowest BCUT2D eigenvalue weighted by Gasteiger charge is -2.12. The fraction of sp³-hybridized carbons (Fsp3) is 0.294. The molecule has 1 aromatic heterocycles. The lowest BCUT2D eigenvalue weighted by Crippen LogP contribution is -2.08. The predicted octanol–water partition coefficient (Wildman–Crippen LogP) is 3.05. The number of aryl methyl sites for hydroxylation is 1. The monoisotopic (exact) mass is 300 g/mol. The Balaban J connectivity index is 2.15. The van der Waals surface area contributed by atoms with Crippen LogP contribution in [0.15, 0.2) is 36.4 Å². The Labute approximate surface area is 130 Å². The molecular weight excluding hydrogens is 280 g/mol. The number of aromatic nitrogens is 1. The second-order valence-electron chi connectivity index (χ2n) is 4.72. The van der Waals surface area contributed by atoms with Gasteiger partial charge in [-0.25, -0.2) is 4.79 Å². The maximum atomic E-state index is 11.6. The van der Waals surface area contributed by atoms with Gasteiger partial charge in [-0.1, -0.05) is 31.2 Å². The third-order valence-corrected chi connectivity index (χ3v) is 3.42. The van der Waals surface area contributed by atoms with Gasteiger partial charge in [-0.3, -0.25) is 0 Å². The van der Waals surface area contributed by atoms with Gasteiger partial charge in [-0.2, -0.15) is 4.98 Å². The zero-order valence-electron chi connectivity index (χ0n) is 13.1. The van der Waals surface area contributed by atoms with Crippen LogP contribution in [0.2, 0.25) is 0 Å². The first-order valence-corrected chi connectivity index (χ1v) is 7.13. The summed E-state index contributed by atoms with van der Waals surface area (Å²) in [5.74, 6) is 0.434. The second-order valence-corrected chi connectivity index (χ2v) is 4.72. The summed E-state index contributed by atoms with van der Waals surface area (Å²) in [7, 11) is 2.81. The predicted molar refractivity (Wildman–Crippen MR) is 85.3 cm³/mol. The molecule has 0 aliphatic rings. The number of hydrogen-bond acceptors (Lipinski definition) is 5. The molecule has 0 radical (unpaired) electrons. The zero-order valence-corrected chi connectivity index (χ0v) is 13.1. The van der Waals surface area contributed by atoms with Crippen LogP contribution in [0.25, 0.3) is 0 Å². The van der Waals surface area contributed by atoms with E-state index < -0.39 is 5.97 Å². The van der Waals surface area contributed by atoms with Crippen LogP contribution in [0.1, 0.15) is 28.4 Å². The van der Waals surface area contributed by atoms with Gasteiger partial charge < -0.3 is 14.8 Å². The van der Waals surface area contributed by atoms with Gasteiger partial charge in [0.25, 0.3) is 0 Å². The molecule has 22 heavy (non-hydrogen) atoms. The minimum absolute atomic E-state index is 0.251. The molecule has 1 heterocycles. The molecular formula is C17H20N2O3. The summed E-state index contributed by atoms with van der Waals surface area (Å²) in [6.45, 7) is 2.79. The summed E-state index contributed by atoms with van der Waals surface area (Å²) in [5, 5.41) is 3.25. The van der Waals surface area contributed by atoms with E-state index in [9.17, 15) is 4.79 Å². The van der Waals surface area contributed by atoms with E-state index in [1.54, 1.807) is 12.1 Å². The maximum Gasteiger partial charge on any atom is 0.343 e. The fourth-order valence-electron chi connectivity index (χ4n) is 2.22. The molecule has 0 spiro atoms. The Hall–Kier alpha value is -2.56. The summed E-state index contributed by atoms with van der Waals surface area (Å²) >= 11 is 0. The molecule has 0 unspecified atom stereocenters. The van der Waals surface area contributed by atoms with Crippen molar-refractivity contribution in [1.29, 1.82) is 0 Å². The number of nitrogens with zero attached hydrogens (tertiary/aromatic N) is 1. The average molecular weight is 300 g/mol. The van der Waals surface area contributed by atoms with Crippen molar-refractivity contribution >= 4 is 11.8 Å². The van der Waals surface area contributed by atoms with Gasteiger partial charge in [0.15, 0.2) is 0 Å². The second kappa shape index (κ2) is 7.45. The standard InChI is InChI=1S/C17H20N2O3/c1-4-12-7-5-6-8-13(12)11-18-15-10-9-14(17(20)22-3)16(19-15)21-2/h5-10H,4,11H2,1-3H3,(H,18,19). The van der Waals surface area contributed by atoms with Crippen molar-refractivity contribution < 1.29 is 14.3 Å². The highest BCUT2D eigenvalue weighted by Gasteiger charge is 2.14. The van der Waals surface area contributed by atoms with Crippen molar-refractivity contribution in [2.24, 2.45) is 0 Å². The number of carbonyl (C=O) groups excluding carboxylic acids is 1. The first kappa shape index (κ1) is 15.8. The summed E-state index contributed by atoms with van der Waals surface area (Å²) in [4.78, 5) is 15.9. The lowest BCUT2D eigenvalue weighted by atomic mass is 10.1. The average Bonchev–Trinajstić information content (AvgIpc) is 2.59. The lowest BCUT2D eigenvalue weighted by molar-refractivity contribution is 0.0596. The van der Waals surface area contributed by atoms with E-state index in [-0.39, 0.29) is 5.88 Å². The molecule has 0 fully saturated rings. The van der Waals surface area contributed by atoms with Crippen LogP contribution in [0.4, 0.5) is 5.82 Å². The highest BCUT2D eigenvalue weighted by atomic mass is 16.5. The molecule has 2 rings (SSSR count). The van der Waals surface area contributed by atoms with Crippen molar-refractivity contribution in [3.05, 3.63) is 53.1 Å². The zero-order chi connectivity index (χ0) is 15.9. The van der Waals surface area contributed by atoms with Crippen molar-refractivity contribution in [3.8, 4) is 5.88 Å². The largest absolute Gasteiger partial charge is 0.480 e. The SMILES string of the molecule is CCc1ccccc1CNc1ccc(C(=O)OC)c(OC)n1. The number of hydrogen-bond donors (Lipinski definition) is 1. The molecule has 1 N–H and O–H groups in total. The maximum absolute atomic E-state index is 11.6. The Morgan fingerprint density at radius 3 is 2.50 bits per heavy atom. The smallest absolute Gasteiger partial charge is 0.343 e. The number of pyridine rings is 1. The summed E-state index contributed by atoms with van der Waals surface area (Å²) in [6.07, 6.45) is 0.982. The van der Waals surface area contributed by atoms with Gasteiger partial charge in [-0.15, -0.1) is 0 Å². The third kappa shape index (κ3) is 3.55. The van der Waals surface area contributed by atoms with E-state index in [1.807, 2.05) is 12.1 Å². The number of esters is 1. The van der Waals surface area contributed by atoms with E-state index in [2.05, 4.69) is 29.4 Å². The van der Waals surface area contributed by atoms with Crippen molar-refractivity contribution in [1.82, 2.24) is 4.98 Å². The highest BCUT2D eigenvalue weighted by molar-refractivity contribution is 5.92. The van der Waals surface area contributed by atoms with E-state index in [0.29, 0.717) is 17.9 Å². The molecule has 0 atom stereocenters. The van der Waals surface area contributed by atoms with Crippen LogP contribution in [0.5, 0.6) is 5.88 Å². The topological polar surface area (TPSA) is 60.5 Å². The first-order chi connectivity index (χ1) is 10.7. The Morgan fingerprint density at radius 2 is 1.86 bits per heavy atom. The minimum Gasteiger partial charge on any atom is -0.480 e. The van der Waals surface area contributed by atoms with Gasteiger partial charge in [0.05, 0.1) is 14.2 Å². The number of benzene rings is 1. The van der Waals surface area contributed by atoms with Gasteiger partial charge in [0, 0.05) is 6.54 Å². The molecule has 116 valence electrons. The molecule has 5 heteroatoms. The van der Waals surface area contributed by atoms with E-state index in [1.165, 1.54) is 25.3 Å². The van der Waals surface area contributed by atoms with E-state index in [4.69, 9.17) is 9.47 Å². The van der Waals surface area contributed by atoms with Gasteiger partial charge >= 0.3 is 5.97 Å². The molecule has 0 aliphatic carbocycles. The number of carbonyl (C=O) groups is 1. The Morgan fingerprint density at radius 1 is 1.14 bits per heavy atom. The van der Waals surface area contributed by atoms with Crippen molar-refractivity contribution in [3.63, 3.8) is 0 Å². The van der Waals surface area contributed by atoms with E-state index >= 15 is 0 Å². The quantitative estimate of drug-likeness (QED) is 0.831. The minimum atomic E-state index is -0.466. The van der Waals surface area contributed by atoms with Gasteiger partial charge in [0.2, 0.25) is 5.88 Å². The van der Waals surface area contributed by atoms with Gasteiger partial charge in [-0.05, 0) is 29.7 Å². The number of ether oxygens (including phenoxy) is 2. The normalized spacial score (nSPS) is 10.1. The molecule has 5 nitrogen and oxygen atoms in total. The Kier molecular flexibility index (Phi) is 5.36. The van der Waals surface area contributed by atoms with Crippen LogP contribution >= 0.6 is 0 Å². The van der Waals surface area contributed by atoms with Crippen LogP contribution in [-0.2, 0) is 17.7 Å². The highest BCUT2D eigenvalue weighted by Crippen LogP contribution is 2.20. The van der Waals surface area contributed by atoms with Crippen LogP contribution in [0.3, 0.4) is 0 Å². The first-order valence-electron chi connectivity index (χ1n) is 7.13. The number of methoxy groups -OCH3 is 2. The van der Waals surface area contributed by atoms with Crippen molar-refractivity contribution in [2.45, 2.75) is 19.9 Å². The fourth-order valence-corrected chi connectivity index (χ4v) is 2.22. The third-order valence-electron chi connectivity index (χ3n) is 3.42. The van der Waals surface area contributed by atoms with Crippen LogP contribution < -0.4 is 10.1 Å².